The molecule has 1 heterocycles. The molecule has 3 aromatic carbocycles. The number of ether oxygens (including phenoxy) is 2. The van der Waals surface area contributed by atoms with Gasteiger partial charge in [-0.3, -0.25) is 19.8 Å². The van der Waals surface area contributed by atoms with Crippen LogP contribution < -0.4 is 9.47 Å². The van der Waals surface area contributed by atoms with E-state index in [2.05, 4.69) is 20.9 Å². The number of hydrogen-bond acceptors (Lipinski definition) is 7. The SMILES string of the molecule is CCN1C(=O)/C(=C/c2ccc(OCc3ccc([N+](=O)[O-])cc3)c(Br)c2)SC1=Nc1ccc(OC)cc1. The molecule has 1 aliphatic rings. The summed E-state index contributed by atoms with van der Waals surface area (Å²) in [5, 5.41) is 11.4. The summed E-state index contributed by atoms with van der Waals surface area (Å²) in [6.07, 6.45) is 1.83. The number of non-ortho nitro benzene ring substituents is 1. The highest BCUT2D eigenvalue weighted by Gasteiger charge is 2.32. The molecule has 0 aliphatic carbocycles. The fourth-order valence-electron chi connectivity index (χ4n) is 3.39. The zero-order chi connectivity index (χ0) is 25.7. The van der Waals surface area contributed by atoms with Crippen LogP contribution in [-0.4, -0.2) is 34.6 Å². The van der Waals surface area contributed by atoms with Crippen LogP contribution >= 0.6 is 27.7 Å². The van der Waals surface area contributed by atoms with Gasteiger partial charge in [0, 0.05) is 18.7 Å². The molecule has 0 N–H and O–H groups in total. The predicted octanol–water partition coefficient (Wildman–Crippen LogP) is 6.57. The number of benzene rings is 3. The van der Waals surface area contributed by atoms with E-state index >= 15 is 0 Å². The largest absolute Gasteiger partial charge is 0.497 e. The fraction of sp³-hybridized carbons (Fsp3) is 0.154. The Morgan fingerprint density at radius 3 is 2.44 bits per heavy atom. The number of aliphatic imine (C=N–C) groups is 1. The van der Waals surface area contributed by atoms with E-state index in [4.69, 9.17) is 9.47 Å². The minimum Gasteiger partial charge on any atom is -0.497 e. The van der Waals surface area contributed by atoms with E-state index in [0.29, 0.717) is 22.4 Å². The summed E-state index contributed by atoms with van der Waals surface area (Å²) >= 11 is 4.86. The predicted molar refractivity (Wildman–Crippen MR) is 145 cm³/mol. The van der Waals surface area contributed by atoms with Crippen LogP contribution in [0.15, 0.2) is 81.1 Å². The zero-order valence-electron chi connectivity index (χ0n) is 19.5. The van der Waals surface area contributed by atoms with Crippen LogP contribution in [0.3, 0.4) is 0 Å². The number of hydrogen-bond donors (Lipinski definition) is 0. The van der Waals surface area contributed by atoms with Crippen LogP contribution in [0.4, 0.5) is 11.4 Å². The second-order valence-electron chi connectivity index (χ2n) is 7.65. The van der Waals surface area contributed by atoms with Gasteiger partial charge < -0.3 is 9.47 Å². The number of methoxy groups -OCH3 is 1. The third kappa shape index (κ3) is 5.95. The molecule has 1 amide bonds. The van der Waals surface area contributed by atoms with Crippen molar-refractivity contribution in [1.82, 2.24) is 4.90 Å². The fourth-order valence-corrected chi connectivity index (χ4v) is 4.96. The summed E-state index contributed by atoms with van der Waals surface area (Å²) in [7, 11) is 1.61. The van der Waals surface area contributed by atoms with Crippen molar-refractivity contribution in [1.29, 1.82) is 0 Å². The van der Waals surface area contributed by atoms with Gasteiger partial charge in [0.05, 0.1) is 27.1 Å². The Bertz CT molecular complexity index is 1340. The second kappa shape index (κ2) is 11.4. The number of likely N-dealkylation sites (N-methyl/N-ethyl adjacent to an activating group) is 1. The molecule has 36 heavy (non-hydrogen) atoms. The van der Waals surface area contributed by atoms with E-state index < -0.39 is 4.92 Å². The van der Waals surface area contributed by atoms with Gasteiger partial charge >= 0.3 is 0 Å². The average Bonchev–Trinajstić information content (AvgIpc) is 3.17. The van der Waals surface area contributed by atoms with E-state index in [1.807, 2.05) is 55.5 Å². The highest BCUT2D eigenvalue weighted by atomic mass is 79.9. The molecule has 1 aliphatic heterocycles. The summed E-state index contributed by atoms with van der Waals surface area (Å²) in [4.78, 5) is 30.2. The minimum absolute atomic E-state index is 0.0375. The van der Waals surface area contributed by atoms with Gasteiger partial charge in [-0.1, -0.05) is 6.07 Å². The van der Waals surface area contributed by atoms with E-state index in [1.54, 1.807) is 24.1 Å². The molecule has 0 spiro atoms. The van der Waals surface area contributed by atoms with Gasteiger partial charge in [-0.2, -0.15) is 0 Å². The Hall–Kier alpha value is -3.63. The summed E-state index contributed by atoms with van der Waals surface area (Å²) in [6.45, 7) is 2.69. The first-order valence-corrected chi connectivity index (χ1v) is 12.6. The Morgan fingerprint density at radius 1 is 1.11 bits per heavy atom. The Labute approximate surface area is 220 Å². The van der Waals surface area contributed by atoms with E-state index in [-0.39, 0.29) is 18.2 Å². The molecule has 184 valence electrons. The Morgan fingerprint density at radius 2 is 1.83 bits per heavy atom. The van der Waals surface area contributed by atoms with E-state index in [0.717, 1.165) is 27.0 Å². The molecule has 10 heteroatoms. The molecule has 0 bridgehead atoms. The number of carbonyl (C=O) groups excluding carboxylic acids is 1. The van der Waals surface area contributed by atoms with E-state index in [1.165, 1.54) is 23.9 Å². The first-order chi connectivity index (χ1) is 17.4. The number of amidine groups is 1. The molecular weight excluding hydrogens is 546 g/mol. The van der Waals surface area contributed by atoms with Crippen LogP contribution in [0.2, 0.25) is 0 Å². The number of thioether (sulfide) groups is 1. The number of amides is 1. The quantitative estimate of drug-likeness (QED) is 0.173. The molecule has 0 saturated carbocycles. The molecular formula is C26H22BrN3O5S. The third-order valence-electron chi connectivity index (χ3n) is 5.30. The van der Waals surface area contributed by atoms with Crippen molar-refractivity contribution in [3.63, 3.8) is 0 Å². The molecule has 0 unspecified atom stereocenters. The van der Waals surface area contributed by atoms with Crippen molar-refractivity contribution in [2.24, 2.45) is 4.99 Å². The minimum atomic E-state index is -0.435. The molecule has 4 rings (SSSR count). The van der Waals surface area contributed by atoms with E-state index in [9.17, 15) is 14.9 Å². The maximum atomic E-state index is 13.0. The zero-order valence-corrected chi connectivity index (χ0v) is 21.9. The first kappa shape index (κ1) is 25.5. The third-order valence-corrected chi connectivity index (χ3v) is 6.92. The Balaban J connectivity index is 1.47. The van der Waals surface area contributed by atoms with Crippen molar-refractivity contribution >= 4 is 56.2 Å². The number of nitro groups is 1. The van der Waals surface area contributed by atoms with Crippen molar-refractivity contribution in [3.05, 3.63) is 97.3 Å². The molecule has 0 radical (unpaired) electrons. The normalized spacial score (nSPS) is 15.5. The van der Waals surface area contributed by atoms with Crippen LogP contribution in [0.1, 0.15) is 18.1 Å². The highest BCUT2D eigenvalue weighted by molar-refractivity contribution is 9.10. The second-order valence-corrected chi connectivity index (χ2v) is 9.52. The molecule has 8 nitrogen and oxygen atoms in total. The molecule has 0 aromatic heterocycles. The molecule has 1 saturated heterocycles. The van der Waals surface area contributed by atoms with Crippen LogP contribution in [0.25, 0.3) is 6.08 Å². The number of rotatable bonds is 8. The molecule has 1 fully saturated rings. The van der Waals surface area contributed by atoms with Crippen molar-refractivity contribution < 1.29 is 19.2 Å². The standard InChI is InChI=1S/C26H22BrN3O5S/c1-3-29-25(31)24(36-26(29)28-19-7-11-21(34-2)12-8-19)15-18-6-13-23(22(27)14-18)35-16-17-4-9-20(10-5-17)30(32)33/h4-15H,3,16H2,1-2H3/b24-15-,28-26?. The van der Waals surface area contributed by atoms with Crippen molar-refractivity contribution in [2.45, 2.75) is 13.5 Å². The lowest BCUT2D eigenvalue weighted by molar-refractivity contribution is -0.384. The van der Waals surface area contributed by atoms with Gasteiger partial charge in [-0.25, -0.2) is 4.99 Å². The number of halogens is 1. The lowest BCUT2D eigenvalue weighted by Gasteiger charge is -2.12. The van der Waals surface area contributed by atoms with Crippen LogP contribution in [0, 0.1) is 10.1 Å². The smallest absolute Gasteiger partial charge is 0.269 e. The summed E-state index contributed by atoms with van der Waals surface area (Å²) in [6, 6.07) is 19.1. The van der Waals surface area contributed by atoms with Crippen LogP contribution in [0.5, 0.6) is 11.5 Å². The summed E-state index contributed by atoms with van der Waals surface area (Å²) in [5.74, 6) is 1.27. The summed E-state index contributed by atoms with van der Waals surface area (Å²) < 4.78 is 11.8. The lowest BCUT2D eigenvalue weighted by Crippen LogP contribution is -2.28. The van der Waals surface area contributed by atoms with Crippen molar-refractivity contribution in [3.8, 4) is 11.5 Å². The average molecular weight is 568 g/mol. The number of nitro benzene ring substituents is 1. The topological polar surface area (TPSA) is 94.3 Å². The maximum absolute atomic E-state index is 13.0. The first-order valence-electron chi connectivity index (χ1n) is 11.0. The van der Waals surface area contributed by atoms with Crippen molar-refractivity contribution in [2.75, 3.05) is 13.7 Å². The van der Waals surface area contributed by atoms with Gasteiger partial charge in [0.1, 0.15) is 18.1 Å². The number of nitrogens with zero attached hydrogens (tertiary/aromatic N) is 3. The summed E-state index contributed by atoms with van der Waals surface area (Å²) in [5.41, 5.74) is 2.43. The maximum Gasteiger partial charge on any atom is 0.269 e. The Kier molecular flexibility index (Phi) is 8.07. The number of carbonyl (C=O) groups is 1. The van der Waals surface area contributed by atoms with Gasteiger partial charge in [-0.15, -0.1) is 0 Å². The molecule has 0 atom stereocenters. The van der Waals surface area contributed by atoms with Gasteiger partial charge in [-0.05, 0) is 100 Å². The van der Waals surface area contributed by atoms with Gasteiger partial charge in [0.25, 0.3) is 11.6 Å². The lowest BCUT2D eigenvalue weighted by atomic mass is 10.2. The molecule has 3 aromatic rings. The van der Waals surface area contributed by atoms with Gasteiger partial charge in [0.2, 0.25) is 0 Å². The van der Waals surface area contributed by atoms with Crippen LogP contribution in [-0.2, 0) is 11.4 Å². The highest BCUT2D eigenvalue weighted by Crippen LogP contribution is 2.35. The van der Waals surface area contributed by atoms with Gasteiger partial charge in [0.15, 0.2) is 5.17 Å². The monoisotopic (exact) mass is 567 g/mol.